The van der Waals surface area contributed by atoms with Crippen LogP contribution in [0.15, 0.2) is 57.5 Å². The number of carbonyl (C=O) groups excluding carboxylic acids is 1. The van der Waals surface area contributed by atoms with E-state index in [0.717, 1.165) is 41.7 Å². The number of para-hydroxylation sites is 1. The van der Waals surface area contributed by atoms with E-state index in [9.17, 15) is 4.79 Å². The van der Waals surface area contributed by atoms with Crippen LogP contribution in [0.2, 0.25) is 0 Å². The van der Waals surface area contributed by atoms with Crippen molar-refractivity contribution in [3.63, 3.8) is 0 Å². The number of rotatable bonds is 6. The number of piperidine rings is 1. The lowest BCUT2D eigenvalue weighted by Gasteiger charge is -2.30. The summed E-state index contributed by atoms with van der Waals surface area (Å²) in [6.45, 7) is 6.56. The molecule has 1 fully saturated rings. The Labute approximate surface area is 191 Å². The normalized spacial score (nSPS) is 15.4. The van der Waals surface area contributed by atoms with Gasteiger partial charge in [0.2, 0.25) is 17.6 Å². The molecule has 1 N–H and O–H groups in total. The van der Waals surface area contributed by atoms with Gasteiger partial charge in [-0.15, -0.1) is 0 Å². The molecular weight excluding hydrogens is 456 g/mol. The average molecular weight is 483 g/mol. The number of halogens is 1. The Hall–Kier alpha value is -2.51. The van der Waals surface area contributed by atoms with E-state index >= 15 is 0 Å². The van der Waals surface area contributed by atoms with E-state index in [1.165, 1.54) is 5.56 Å². The van der Waals surface area contributed by atoms with E-state index in [-0.39, 0.29) is 11.8 Å². The summed E-state index contributed by atoms with van der Waals surface area (Å²) in [6, 6.07) is 15.9. The molecule has 1 amide bonds. The van der Waals surface area contributed by atoms with Crippen LogP contribution in [0.5, 0.6) is 0 Å². The van der Waals surface area contributed by atoms with Crippen molar-refractivity contribution in [2.24, 2.45) is 5.92 Å². The molecule has 4 rings (SSSR count). The van der Waals surface area contributed by atoms with Crippen molar-refractivity contribution in [1.82, 2.24) is 15.0 Å². The summed E-state index contributed by atoms with van der Waals surface area (Å²) >= 11 is 3.43. The van der Waals surface area contributed by atoms with Crippen molar-refractivity contribution in [2.45, 2.75) is 39.2 Å². The number of hydrogen-bond donors (Lipinski definition) is 1. The van der Waals surface area contributed by atoms with Gasteiger partial charge in [-0.05, 0) is 67.7 Å². The van der Waals surface area contributed by atoms with Gasteiger partial charge in [-0.3, -0.25) is 9.69 Å². The van der Waals surface area contributed by atoms with Gasteiger partial charge in [-0.1, -0.05) is 53.1 Å². The van der Waals surface area contributed by atoms with E-state index in [1.54, 1.807) is 0 Å². The van der Waals surface area contributed by atoms with Crippen LogP contribution in [-0.2, 0) is 11.3 Å². The molecule has 0 bridgehead atoms. The fraction of sp³-hybridized carbons (Fsp3) is 0.375. The zero-order valence-electron chi connectivity index (χ0n) is 17.8. The number of nitrogens with zero attached hydrogens (tertiary/aromatic N) is 3. The Balaban J connectivity index is 1.30. The molecule has 0 unspecified atom stereocenters. The Morgan fingerprint density at radius 2 is 1.87 bits per heavy atom. The van der Waals surface area contributed by atoms with E-state index in [1.807, 2.05) is 42.5 Å². The van der Waals surface area contributed by atoms with Crippen molar-refractivity contribution in [1.29, 1.82) is 0 Å². The Morgan fingerprint density at radius 3 is 2.58 bits per heavy atom. The highest BCUT2D eigenvalue weighted by Crippen LogP contribution is 2.26. The predicted octanol–water partition coefficient (Wildman–Crippen LogP) is 5.47. The van der Waals surface area contributed by atoms with Gasteiger partial charge in [0, 0.05) is 21.6 Å². The molecule has 162 valence electrons. The number of likely N-dealkylation sites (tertiary alicyclic amines) is 1. The lowest BCUT2D eigenvalue weighted by molar-refractivity contribution is -0.121. The van der Waals surface area contributed by atoms with Gasteiger partial charge in [0.1, 0.15) is 0 Å². The van der Waals surface area contributed by atoms with Gasteiger partial charge >= 0.3 is 0 Å². The maximum absolute atomic E-state index is 12.8. The first-order chi connectivity index (χ1) is 15.0. The van der Waals surface area contributed by atoms with Crippen LogP contribution in [-0.4, -0.2) is 34.0 Å². The quantitative estimate of drug-likeness (QED) is 0.503. The molecule has 0 radical (unpaired) electrons. The van der Waals surface area contributed by atoms with Crippen LogP contribution >= 0.6 is 15.9 Å². The number of amides is 1. The highest BCUT2D eigenvalue weighted by atomic mass is 79.9. The SMILES string of the molecule is CC(C)c1ccccc1NC(=O)C1CCN(Cc2nc(-c3ccc(Br)cc3)no2)CC1. The van der Waals surface area contributed by atoms with Crippen molar-refractivity contribution in [3.05, 3.63) is 64.5 Å². The molecular formula is C24H27BrN4O2. The monoisotopic (exact) mass is 482 g/mol. The highest BCUT2D eigenvalue weighted by Gasteiger charge is 2.26. The average Bonchev–Trinajstić information content (AvgIpc) is 3.23. The number of anilines is 1. The van der Waals surface area contributed by atoms with Gasteiger partial charge < -0.3 is 9.84 Å². The summed E-state index contributed by atoms with van der Waals surface area (Å²) in [6.07, 6.45) is 1.65. The van der Waals surface area contributed by atoms with Gasteiger partial charge in [-0.2, -0.15) is 4.98 Å². The molecule has 1 aliphatic heterocycles. The summed E-state index contributed by atoms with van der Waals surface area (Å²) in [5.74, 6) is 1.71. The largest absolute Gasteiger partial charge is 0.338 e. The highest BCUT2D eigenvalue weighted by molar-refractivity contribution is 9.10. The van der Waals surface area contributed by atoms with Gasteiger partial charge in [-0.25, -0.2) is 0 Å². The molecule has 1 saturated heterocycles. The molecule has 1 aliphatic rings. The van der Waals surface area contributed by atoms with Crippen molar-refractivity contribution >= 4 is 27.5 Å². The van der Waals surface area contributed by atoms with E-state index < -0.39 is 0 Å². The third-order valence-corrected chi connectivity index (χ3v) is 6.26. The van der Waals surface area contributed by atoms with E-state index in [2.05, 4.69) is 56.2 Å². The Kier molecular flexibility index (Phi) is 6.83. The molecule has 0 aliphatic carbocycles. The van der Waals surface area contributed by atoms with Crippen LogP contribution in [0, 0.1) is 5.92 Å². The maximum atomic E-state index is 12.8. The second-order valence-electron chi connectivity index (χ2n) is 8.30. The first kappa shape index (κ1) is 21.7. The van der Waals surface area contributed by atoms with E-state index in [4.69, 9.17) is 4.52 Å². The molecule has 6 nitrogen and oxygen atoms in total. The summed E-state index contributed by atoms with van der Waals surface area (Å²) < 4.78 is 6.46. The summed E-state index contributed by atoms with van der Waals surface area (Å²) in [4.78, 5) is 19.6. The van der Waals surface area contributed by atoms with Crippen LogP contribution in [0.3, 0.4) is 0 Å². The molecule has 1 aromatic heterocycles. The predicted molar refractivity (Wildman–Crippen MR) is 125 cm³/mol. The minimum absolute atomic E-state index is 0.0254. The smallest absolute Gasteiger partial charge is 0.241 e. The molecule has 2 heterocycles. The van der Waals surface area contributed by atoms with Crippen molar-refractivity contribution in [2.75, 3.05) is 18.4 Å². The lowest BCUT2D eigenvalue weighted by Crippen LogP contribution is -2.38. The zero-order chi connectivity index (χ0) is 21.8. The molecule has 0 spiro atoms. The second kappa shape index (κ2) is 9.75. The zero-order valence-corrected chi connectivity index (χ0v) is 19.4. The summed E-state index contributed by atoms with van der Waals surface area (Å²) in [5.41, 5.74) is 3.03. The fourth-order valence-corrected chi connectivity index (χ4v) is 4.19. The minimum Gasteiger partial charge on any atom is -0.338 e. The topological polar surface area (TPSA) is 71.3 Å². The number of carbonyl (C=O) groups is 1. The second-order valence-corrected chi connectivity index (χ2v) is 9.22. The van der Waals surface area contributed by atoms with Crippen LogP contribution in [0.4, 0.5) is 5.69 Å². The first-order valence-corrected chi connectivity index (χ1v) is 11.5. The molecule has 0 atom stereocenters. The fourth-order valence-electron chi connectivity index (χ4n) is 3.93. The molecule has 3 aromatic rings. The number of benzene rings is 2. The lowest BCUT2D eigenvalue weighted by atomic mass is 9.95. The summed E-state index contributed by atoms with van der Waals surface area (Å²) in [7, 11) is 0. The van der Waals surface area contributed by atoms with Crippen molar-refractivity contribution in [3.8, 4) is 11.4 Å². The minimum atomic E-state index is 0.0254. The van der Waals surface area contributed by atoms with Crippen LogP contribution < -0.4 is 5.32 Å². The van der Waals surface area contributed by atoms with Gasteiger partial charge in [0.25, 0.3) is 0 Å². The van der Waals surface area contributed by atoms with Crippen LogP contribution in [0.1, 0.15) is 44.1 Å². The Morgan fingerprint density at radius 1 is 1.16 bits per heavy atom. The van der Waals surface area contributed by atoms with Gasteiger partial charge in [0.05, 0.1) is 6.54 Å². The standard InChI is InChI=1S/C24H27BrN4O2/c1-16(2)20-5-3-4-6-21(20)26-24(30)18-11-13-29(14-12-18)15-22-27-23(28-31-22)17-7-9-19(25)10-8-17/h3-10,16,18H,11-15H2,1-2H3,(H,26,30). The first-order valence-electron chi connectivity index (χ1n) is 10.7. The van der Waals surface area contributed by atoms with Crippen molar-refractivity contribution < 1.29 is 9.32 Å². The van der Waals surface area contributed by atoms with Gasteiger partial charge in [0.15, 0.2) is 0 Å². The number of hydrogen-bond acceptors (Lipinski definition) is 5. The third-order valence-electron chi connectivity index (χ3n) is 5.73. The summed E-state index contributed by atoms with van der Waals surface area (Å²) in [5, 5.41) is 7.25. The molecule has 0 saturated carbocycles. The third kappa shape index (κ3) is 5.40. The molecule has 31 heavy (non-hydrogen) atoms. The maximum Gasteiger partial charge on any atom is 0.241 e. The number of aromatic nitrogens is 2. The van der Waals surface area contributed by atoms with E-state index in [0.29, 0.717) is 24.2 Å². The molecule has 7 heteroatoms. The van der Waals surface area contributed by atoms with Crippen LogP contribution in [0.25, 0.3) is 11.4 Å². The Bertz CT molecular complexity index is 1020. The number of nitrogens with one attached hydrogen (secondary N) is 1. The molecule has 2 aromatic carbocycles.